The Morgan fingerprint density at radius 2 is 2.08 bits per heavy atom. The maximum atomic E-state index is 14.3. The summed E-state index contributed by atoms with van der Waals surface area (Å²) in [7, 11) is 1.91. The van der Waals surface area contributed by atoms with Crippen LogP contribution in [0.15, 0.2) is 18.2 Å². The molecule has 6 heteroatoms. The Labute approximate surface area is 140 Å². The van der Waals surface area contributed by atoms with Crippen molar-refractivity contribution in [2.75, 3.05) is 26.2 Å². The standard InChI is InChI=1S/C18H24F2N4/c1-24-16-9-12(15-6-8-22-11-18(15,19)20)4-5-14(16)17(23-24)13-3-2-7-21-10-13/h4-5,9,13,15,21-22H,2-3,6-8,10-11H2,1H3. The van der Waals surface area contributed by atoms with Gasteiger partial charge in [0.05, 0.1) is 23.7 Å². The molecular formula is C18H24F2N4. The zero-order valence-corrected chi connectivity index (χ0v) is 14.0. The van der Waals surface area contributed by atoms with E-state index in [-0.39, 0.29) is 6.54 Å². The summed E-state index contributed by atoms with van der Waals surface area (Å²) in [5.74, 6) is -2.99. The number of halogens is 2. The number of aromatic nitrogens is 2. The average molecular weight is 334 g/mol. The minimum atomic E-state index is -2.69. The first kappa shape index (κ1) is 16.0. The third-order valence-electron chi connectivity index (χ3n) is 5.47. The van der Waals surface area contributed by atoms with Crippen molar-refractivity contribution in [2.24, 2.45) is 7.05 Å². The maximum absolute atomic E-state index is 14.3. The van der Waals surface area contributed by atoms with Crippen LogP contribution < -0.4 is 10.6 Å². The smallest absolute Gasteiger partial charge is 0.267 e. The van der Waals surface area contributed by atoms with Crippen molar-refractivity contribution in [3.8, 4) is 0 Å². The van der Waals surface area contributed by atoms with Crippen LogP contribution in [0, 0.1) is 0 Å². The number of benzene rings is 1. The van der Waals surface area contributed by atoms with Crippen LogP contribution in [0.2, 0.25) is 0 Å². The van der Waals surface area contributed by atoms with E-state index in [9.17, 15) is 8.78 Å². The minimum Gasteiger partial charge on any atom is -0.316 e. The van der Waals surface area contributed by atoms with Crippen molar-refractivity contribution in [2.45, 2.75) is 37.0 Å². The quantitative estimate of drug-likeness (QED) is 0.887. The number of piperidine rings is 2. The van der Waals surface area contributed by atoms with Gasteiger partial charge in [0.25, 0.3) is 5.92 Å². The van der Waals surface area contributed by atoms with E-state index in [1.807, 2.05) is 29.9 Å². The van der Waals surface area contributed by atoms with E-state index in [4.69, 9.17) is 5.10 Å². The molecule has 2 aliphatic rings. The van der Waals surface area contributed by atoms with Crippen molar-refractivity contribution in [3.63, 3.8) is 0 Å². The lowest BCUT2D eigenvalue weighted by Gasteiger charge is -2.32. The molecule has 1 aromatic carbocycles. The molecule has 2 fully saturated rings. The summed E-state index contributed by atoms with van der Waals surface area (Å²) >= 11 is 0. The molecule has 0 amide bonds. The lowest BCUT2D eigenvalue weighted by Crippen LogP contribution is -2.44. The van der Waals surface area contributed by atoms with E-state index in [0.717, 1.165) is 48.1 Å². The summed E-state index contributed by atoms with van der Waals surface area (Å²) in [5.41, 5.74) is 2.79. The van der Waals surface area contributed by atoms with E-state index in [0.29, 0.717) is 18.9 Å². The topological polar surface area (TPSA) is 41.9 Å². The second-order valence-electron chi connectivity index (χ2n) is 7.11. The highest BCUT2D eigenvalue weighted by Crippen LogP contribution is 2.39. The summed E-state index contributed by atoms with van der Waals surface area (Å²) in [5, 5.41) is 12.0. The van der Waals surface area contributed by atoms with E-state index in [1.54, 1.807) is 0 Å². The molecule has 2 saturated heterocycles. The summed E-state index contributed by atoms with van der Waals surface area (Å²) in [4.78, 5) is 0. The fourth-order valence-electron chi connectivity index (χ4n) is 4.15. The molecule has 0 bridgehead atoms. The summed E-state index contributed by atoms with van der Waals surface area (Å²) in [6.45, 7) is 2.42. The normalized spacial score (nSPS) is 27.5. The molecule has 130 valence electrons. The van der Waals surface area contributed by atoms with Crippen LogP contribution in [0.1, 0.15) is 42.4 Å². The number of alkyl halides is 2. The molecular weight excluding hydrogens is 310 g/mol. The lowest BCUT2D eigenvalue weighted by molar-refractivity contribution is -0.0419. The van der Waals surface area contributed by atoms with Gasteiger partial charge in [0, 0.05) is 24.9 Å². The average Bonchev–Trinajstić information content (AvgIpc) is 2.92. The van der Waals surface area contributed by atoms with Crippen LogP contribution in [-0.2, 0) is 7.05 Å². The lowest BCUT2D eigenvalue weighted by atomic mass is 9.86. The van der Waals surface area contributed by atoms with Crippen LogP contribution in [0.3, 0.4) is 0 Å². The van der Waals surface area contributed by atoms with Gasteiger partial charge in [-0.25, -0.2) is 8.78 Å². The third kappa shape index (κ3) is 2.71. The van der Waals surface area contributed by atoms with Crippen LogP contribution in [-0.4, -0.2) is 41.9 Å². The molecule has 4 rings (SSSR count). The Bertz CT molecular complexity index is 734. The van der Waals surface area contributed by atoms with E-state index in [2.05, 4.69) is 10.6 Å². The fraction of sp³-hybridized carbons (Fsp3) is 0.611. The predicted molar refractivity (Wildman–Crippen MR) is 90.7 cm³/mol. The summed E-state index contributed by atoms with van der Waals surface area (Å²) in [6.07, 6.45) is 2.76. The molecule has 24 heavy (non-hydrogen) atoms. The number of fused-ring (bicyclic) bond motifs is 1. The molecule has 0 aliphatic carbocycles. The first-order valence-electron chi connectivity index (χ1n) is 8.82. The van der Waals surface area contributed by atoms with E-state index >= 15 is 0 Å². The summed E-state index contributed by atoms with van der Waals surface area (Å²) < 4.78 is 30.4. The van der Waals surface area contributed by atoms with Crippen molar-refractivity contribution < 1.29 is 8.78 Å². The molecule has 2 unspecified atom stereocenters. The molecule has 0 saturated carbocycles. The van der Waals surface area contributed by atoms with Crippen molar-refractivity contribution >= 4 is 10.9 Å². The zero-order chi connectivity index (χ0) is 16.7. The first-order valence-corrected chi connectivity index (χ1v) is 8.82. The molecule has 2 atom stereocenters. The van der Waals surface area contributed by atoms with Crippen LogP contribution in [0.4, 0.5) is 8.78 Å². The highest BCUT2D eigenvalue weighted by molar-refractivity contribution is 5.83. The van der Waals surface area contributed by atoms with Gasteiger partial charge in [0.2, 0.25) is 0 Å². The molecule has 2 N–H and O–H groups in total. The van der Waals surface area contributed by atoms with Crippen molar-refractivity contribution in [3.05, 3.63) is 29.5 Å². The molecule has 3 heterocycles. The van der Waals surface area contributed by atoms with Gasteiger partial charge in [0.15, 0.2) is 0 Å². The monoisotopic (exact) mass is 334 g/mol. The van der Waals surface area contributed by atoms with Crippen LogP contribution >= 0.6 is 0 Å². The molecule has 1 aromatic heterocycles. The van der Waals surface area contributed by atoms with E-state index in [1.165, 1.54) is 0 Å². The minimum absolute atomic E-state index is 0.236. The van der Waals surface area contributed by atoms with Gasteiger partial charge in [-0.15, -0.1) is 0 Å². The van der Waals surface area contributed by atoms with Gasteiger partial charge < -0.3 is 10.6 Å². The number of hydrogen-bond acceptors (Lipinski definition) is 3. The van der Waals surface area contributed by atoms with Gasteiger partial charge in [-0.05, 0) is 44.0 Å². The van der Waals surface area contributed by atoms with Gasteiger partial charge >= 0.3 is 0 Å². The number of aryl methyl sites for hydroxylation is 1. The second kappa shape index (κ2) is 6.08. The number of nitrogens with one attached hydrogen (secondary N) is 2. The van der Waals surface area contributed by atoms with E-state index < -0.39 is 11.8 Å². The molecule has 2 aliphatic heterocycles. The highest BCUT2D eigenvalue weighted by atomic mass is 19.3. The Hall–Kier alpha value is -1.53. The van der Waals surface area contributed by atoms with Crippen molar-refractivity contribution in [1.82, 2.24) is 20.4 Å². The maximum Gasteiger partial charge on any atom is 0.267 e. The molecule has 2 aromatic rings. The third-order valence-corrected chi connectivity index (χ3v) is 5.47. The Kier molecular flexibility index (Phi) is 4.04. The Balaban J connectivity index is 1.72. The Morgan fingerprint density at radius 3 is 2.83 bits per heavy atom. The molecule has 0 spiro atoms. The van der Waals surface area contributed by atoms with Gasteiger partial charge in [0.1, 0.15) is 0 Å². The summed E-state index contributed by atoms with van der Waals surface area (Å²) in [6, 6.07) is 5.80. The van der Waals surface area contributed by atoms with Gasteiger partial charge in [-0.3, -0.25) is 4.68 Å². The van der Waals surface area contributed by atoms with Gasteiger partial charge in [-0.1, -0.05) is 12.1 Å². The van der Waals surface area contributed by atoms with Crippen LogP contribution in [0.5, 0.6) is 0 Å². The molecule has 0 radical (unpaired) electrons. The fourth-order valence-corrected chi connectivity index (χ4v) is 4.15. The number of nitrogens with zero attached hydrogens (tertiary/aromatic N) is 2. The second-order valence-corrected chi connectivity index (χ2v) is 7.11. The largest absolute Gasteiger partial charge is 0.316 e. The Morgan fingerprint density at radius 1 is 1.21 bits per heavy atom. The highest BCUT2D eigenvalue weighted by Gasteiger charge is 2.42. The van der Waals surface area contributed by atoms with Crippen LogP contribution in [0.25, 0.3) is 10.9 Å². The van der Waals surface area contributed by atoms with Gasteiger partial charge in [-0.2, -0.15) is 5.10 Å². The first-order chi connectivity index (χ1) is 11.6. The van der Waals surface area contributed by atoms with Crippen molar-refractivity contribution in [1.29, 1.82) is 0 Å². The predicted octanol–water partition coefficient (Wildman–Crippen LogP) is 2.75. The number of rotatable bonds is 2. The molecule has 4 nitrogen and oxygen atoms in total. The zero-order valence-electron chi connectivity index (χ0n) is 14.0. The number of hydrogen-bond donors (Lipinski definition) is 2. The SMILES string of the molecule is Cn1nc(C2CCCNC2)c2ccc(C3CCNCC3(F)F)cc21.